The summed E-state index contributed by atoms with van der Waals surface area (Å²) in [4.78, 5) is 30.2. The van der Waals surface area contributed by atoms with Crippen molar-refractivity contribution in [1.29, 1.82) is 0 Å². The van der Waals surface area contributed by atoms with E-state index in [1.807, 2.05) is 25.3 Å². The first kappa shape index (κ1) is 16.3. The Kier molecular flexibility index (Phi) is 4.39. The number of aryl methyl sites for hydroxylation is 2. The van der Waals surface area contributed by atoms with E-state index in [0.29, 0.717) is 11.4 Å². The van der Waals surface area contributed by atoms with E-state index in [2.05, 4.69) is 20.3 Å². The first-order valence-electron chi connectivity index (χ1n) is 8.71. The molecule has 130 valence electrons. The Labute approximate surface area is 151 Å². The van der Waals surface area contributed by atoms with Crippen molar-refractivity contribution in [2.24, 2.45) is 0 Å². The molecule has 1 aliphatic rings. The number of aromatic nitrogens is 4. The number of nitrogens with one attached hydrogen (secondary N) is 1. The SMILES string of the molecule is Cc1ncccc1C(=O)NC1CCCc2nc(-c3cccnc3)ncc21. The molecule has 0 radical (unpaired) electrons. The van der Waals surface area contributed by atoms with Crippen molar-refractivity contribution in [2.45, 2.75) is 32.2 Å². The quantitative estimate of drug-likeness (QED) is 0.789. The Morgan fingerprint density at radius 2 is 2.04 bits per heavy atom. The molecular weight excluding hydrogens is 326 g/mol. The number of amides is 1. The van der Waals surface area contributed by atoms with Gasteiger partial charge in [0.05, 0.1) is 11.6 Å². The molecule has 0 aliphatic heterocycles. The van der Waals surface area contributed by atoms with Gasteiger partial charge in [0.15, 0.2) is 5.82 Å². The van der Waals surface area contributed by atoms with Crippen molar-refractivity contribution in [1.82, 2.24) is 25.3 Å². The van der Waals surface area contributed by atoms with Gasteiger partial charge in [-0.3, -0.25) is 14.8 Å². The van der Waals surface area contributed by atoms with Gasteiger partial charge in [0.2, 0.25) is 0 Å². The smallest absolute Gasteiger partial charge is 0.253 e. The molecule has 4 rings (SSSR count). The average Bonchev–Trinajstić information content (AvgIpc) is 2.69. The largest absolute Gasteiger partial charge is 0.345 e. The number of fused-ring (bicyclic) bond motifs is 1. The number of hydrogen-bond donors (Lipinski definition) is 1. The third-order valence-electron chi connectivity index (χ3n) is 4.66. The maximum absolute atomic E-state index is 12.6. The minimum absolute atomic E-state index is 0.0752. The molecule has 26 heavy (non-hydrogen) atoms. The summed E-state index contributed by atoms with van der Waals surface area (Å²) in [7, 11) is 0. The molecule has 1 amide bonds. The first-order valence-corrected chi connectivity index (χ1v) is 8.71. The third-order valence-corrected chi connectivity index (χ3v) is 4.66. The zero-order valence-corrected chi connectivity index (χ0v) is 14.5. The minimum Gasteiger partial charge on any atom is -0.345 e. The molecule has 1 unspecified atom stereocenters. The van der Waals surface area contributed by atoms with E-state index in [9.17, 15) is 4.79 Å². The zero-order chi connectivity index (χ0) is 17.9. The van der Waals surface area contributed by atoms with Crippen LogP contribution in [-0.2, 0) is 6.42 Å². The second kappa shape index (κ2) is 7.00. The molecule has 6 heteroatoms. The fourth-order valence-electron chi connectivity index (χ4n) is 3.29. The van der Waals surface area contributed by atoms with Gasteiger partial charge in [-0.25, -0.2) is 9.97 Å². The van der Waals surface area contributed by atoms with E-state index >= 15 is 0 Å². The minimum atomic E-state index is -0.107. The van der Waals surface area contributed by atoms with Crippen molar-refractivity contribution in [3.05, 3.63) is 71.6 Å². The van der Waals surface area contributed by atoms with E-state index in [-0.39, 0.29) is 11.9 Å². The zero-order valence-electron chi connectivity index (χ0n) is 14.5. The maximum atomic E-state index is 12.6. The van der Waals surface area contributed by atoms with Crippen molar-refractivity contribution in [3.63, 3.8) is 0 Å². The topological polar surface area (TPSA) is 80.7 Å². The molecule has 1 aliphatic carbocycles. The van der Waals surface area contributed by atoms with Gasteiger partial charge in [-0.05, 0) is 50.5 Å². The van der Waals surface area contributed by atoms with E-state index in [1.165, 1.54) is 0 Å². The number of pyridine rings is 2. The van der Waals surface area contributed by atoms with Gasteiger partial charge >= 0.3 is 0 Å². The van der Waals surface area contributed by atoms with Crippen LogP contribution >= 0.6 is 0 Å². The van der Waals surface area contributed by atoms with Gasteiger partial charge in [0, 0.05) is 47.3 Å². The Morgan fingerprint density at radius 3 is 2.85 bits per heavy atom. The summed E-state index contributed by atoms with van der Waals surface area (Å²) in [5, 5.41) is 3.12. The predicted octanol–water partition coefficient (Wildman–Crippen LogP) is 3.05. The molecule has 3 aromatic heterocycles. The first-order chi connectivity index (χ1) is 12.7. The van der Waals surface area contributed by atoms with Gasteiger partial charge in [-0.15, -0.1) is 0 Å². The number of carbonyl (C=O) groups is 1. The normalized spacial score (nSPS) is 16.0. The molecule has 3 aromatic rings. The molecule has 6 nitrogen and oxygen atoms in total. The lowest BCUT2D eigenvalue weighted by Gasteiger charge is -2.25. The highest BCUT2D eigenvalue weighted by molar-refractivity contribution is 5.95. The van der Waals surface area contributed by atoms with Crippen LogP contribution in [0.5, 0.6) is 0 Å². The fraction of sp³-hybridized carbons (Fsp3) is 0.250. The average molecular weight is 345 g/mol. The van der Waals surface area contributed by atoms with Crippen LogP contribution in [0.1, 0.15) is 46.2 Å². The van der Waals surface area contributed by atoms with Gasteiger partial charge < -0.3 is 5.32 Å². The van der Waals surface area contributed by atoms with Crippen LogP contribution in [0.4, 0.5) is 0 Å². The van der Waals surface area contributed by atoms with Gasteiger partial charge in [0.1, 0.15) is 0 Å². The lowest BCUT2D eigenvalue weighted by molar-refractivity contribution is 0.0931. The maximum Gasteiger partial charge on any atom is 0.253 e. The van der Waals surface area contributed by atoms with Crippen molar-refractivity contribution < 1.29 is 4.79 Å². The molecular formula is C20H19N5O. The van der Waals surface area contributed by atoms with Crippen LogP contribution in [-0.4, -0.2) is 25.8 Å². The lowest BCUT2D eigenvalue weighted by atomic mass is 9.92. The Morgan fingerprint density at radius 1 is 1.15 bits per heavy atom. The molecule has 1 N–H and O–H groups in total. The van der Waals surface area contributed by atoms with Crippen LogP contribution in [0, 0.1) is 6.92 Å². The Bertz CT molecular complexity index is 942. The molecule has 0 spiro atoms. The summed E-state index contributed by atoms with van der Waals surface area (Å²) in [6.45, 7) is 1.84. The van der Waals surface area contributed by atoms with Crippen LogP contribution in [0.2, 0.25) is 0 Å². The third kappa shape index (κ3) is 3.18. The highest BCUT2D eigenvalue weighted by Gasteiger charge is 2.25. The summed E-state index contributed by atoms with van der Waals surface area (Å²) in [6.07, 6.45) is 9.77. The predicted molar refractivity (Wildman–Crippen MR) is 97.4 cm³/mol. The summed E-state index contributed by atoms with van der Waals surface area (Å²) in [5.74, 6) is 0.566. The van der Waals surface area contributed by atoms with Crippen molar-refractivity contribution >= 4 is 5.91 Å². The van der Waals surface area contributed by atoms with Crippen molar-refractivity contribution in [2.75, 3.05) is 0 Å². The highest BCUT2D eigenvalue weighted by atomic mass is 16.1. The fourth-order valence-corrected chi connectivity index (χ4v) is 3.29. The van der Waals surface area contributed by atoms with E-state index in [1.54, 1.807) is 30.7 Å². The van der Waals surface area contributed by atoms with Crippen LogP contribution in [0.15, 0.2) is 49.1 Å². The standard InChI is InChI=1S/C20H19N5O/c1-13-15(6-4-10-22-13)20(26)25-18-8-2-7-17-16(18)12-23-19(24-17)14-5-3-9-21-11-14/h3-6,9-12,18H,2,7-8H2,1H3,(H,25,26). The molecule has 1 atom stereocenters. The molecule has 0 saturated carbocycles. The second-order valence-corrected chi connectivity index (χ2v) is 6.39. The van der Waals surface area contributed by atoms with Gasteiger partial charge in [-0.1, -0.05) is 0 Å². The monoisotopic (exact) mass is 345 g/mol. The molecule has 0 saturated heterocycles. The van der Waals surface area contributed by atoms with Crippen molar-refractivity contribution in [3.8, 4) is 11.4 Å². The molecule has 0 aromatic carbocycles. The Balaban J connectivity index is 1.60. The molecule has 0 fully saturated rings. The molecule has 0 bridgehead atoms. The van der Waals surface area contributed by atoms with E-state index in [4.69, 9.17) is 4.98 Å². The highest BCUT2D eigenvalue weighted by Crippen LogP contribution is 2.29. The summed E-state index contributed by atoms with van der Waals surface area (Å²) < 4.78 is 0. The van der Waals surface area contributed by atoms with E-state index in [0.717, 1.165) is 41.8 Å². The van der Waals surface area contributed by atoms with E-state index < -0.39 is 0 Å². The Hall–Kier alpha value is -3.15. The second-order valence-electron chi connectivity index (χ2n) is 6.39. The number of hydrogen-bond acceptors (Lipinski definition) is 5. The lowest BCUT2D eigenvalue weighted by Crippen LogP contribution is -2.32. The summed E-state index contributed by atoms with van der Waals surface area (Å²) in [6, 6.07) is 7.32. The summed E-state index contributed by atoms with van der Waals surface area (Å²) >= 11 is 0. The van der Waals surface area contributed by atoms with Crippen LogP contribution < -0.4 is 5.32 Å². The van der Waals surface area contributed by atoms with Gasteiger partial charge in [0.25, 0.3) is 5.91 Å². The summed E-state index contributed by atoms with van der Waals surface area (Å²) in [5.41, 5.74) is 4.22. The number of carbonyl (C=O) groups excluding carboxylic acids is 1. The number of nitrogens with zero attached hydrogens (tertiary/aromatic N) is 4. The number of rotatable bonds is 3. The molecule has 3 heterocycles. The van der Waals surface area contributed by atoms with Crippen LogP contribution in [0.25, 0.3) is 11.4 Å². The van der Waals surface area contributed by atoms with Gasteiger partial charge in [-0.2, -0.15) is 0 Å². The van der Waals surface area contributed by atoms with Crippen LogP contribution in [0.3, 0.4) is 0 Å².